The molecule has 1 aromatic rings. The molecule has 2 rings (SSSR count). The molecule has 0 unspecified atom stereocenters. The highest BCUT2D eigenvalue weighted by atomic mass is 32.2. The monoisotopic (exact) mass is 359 g/mol. The molecule has 0 atom stereocenters. The van der Waals surface area contributed by atoms with Crippen molar-refractivity contribution in [3.05, 3.63) is 28.7 Å². The Balaban J connectivity index is 2.25. The standard InChI is InChI=1S/C19H21NO4S/c1-5-9-20-18(21)17(25-19(20)22)11-14-7-8-15(24-12-13(3)4)16(10-14)23-6-2/h1,7-8,10-11,13H,6,9,12H2,2-4H3. The van der Waals surface area contributed by atoms with Crippen molar-refractivity contribution in [1.29, 1.82) is 0 Å². The molecule has 2 amide bonds. The van der Waals surface area contributed by atoms with Gasteiger partial charge in [-0.25, -0.2) is 0 Å². The number of terminal acetylenes is 1. The SMILES string of the molecule is C#CCN1C(=O)SC(=Cc2ccc(OCC(C)C)c(OCC)c2)C1=O. The fraction of sp³-hybridized carbons (Fsp3) is 0.368. The van der Waals surface area contributed by atoms with Crippen molar-refractivity contribution in [2.24, 2.45) is 5.92 Å². The second-order valence-corrected chi connectivity index (χ2v) is 6.81. The predicted molar refractivity (Wildman–Crippen MR) is 99.5 cm³/mol. The lowest BCUT2D eigenvalue weighted by Crippen LogP contribution is -2.28. The van der Waals surface area contributed by atoms with Gasteiger partial charge < -0.3 is 9.47 Å². The van der Waals surface area contributed by atoms with Crippen LogP contribution in [0.2, 0.25) is 0 Å². The van der Waals surface area contributed by atoms with Gasteiger partial charge in [-0.15, -0.1) is 6.42 Å². The van der Waals surface area contributed by atoms with E-state index in [1.807, 2.05) is 19.1 Å². The largest absolute Gasteiger partial charge is 0.490 e. The van der Waals surface area contributed by atoms with E-state index >= 15 is 0 Å². The first-order valence-corrected chi connectivity index (χ1v) is 8.86. The summed E-state index contributed by atoms with van der Waals surface area (Å²) in [7, 11) is 0. The van der Waals surface area contributed by atoms with Crippen LogP contribution in [0.4, 0.5) is 4.79 Å². The van der Waals surface area contributed by atoms with Crippen LogP contribution < -0.4 is 9.47 Å². The van der Waals surface area contributed by atoms with E-state index < -0.39 is 0 Å². The quantitative estimate of drug-likeness (QED) is 0.548. The lowest BCUT2D eigenvalue weighted by atomic mass is 10.1. The fourth-order valence-corrected chi connectivity index (χ4v) is 2.98. The minimum absolute atomic E-state index is 0.0197. The van der Waals surface area contributed by atoms with Crippen molar-refractivity contribution in [2.75, 3.05) is 19.8 Å². The highest BCUT2D eigenvalue weighted by Crippen LogP contribution is 2.34. The summed E-state index contributed by atoms with van der Waals surface area (Å²) in [5.41, 5.74) is 0.756. The minimum Gasteiger partial charge on any atom is -0.490 e. The molecule has 1 fully saturated rings. The third-order valence-electron chi connectivity index (χ3n) is 3.26. The van der Waals surface area contributed by atoms with Gasteiger partial charge in [0.2, 0.25) is 0 Å². The van der Waals surface area contributed by atoms with Gasteiger partial charge in [-0.05, 0) is 48.4 Å². The normalized spacial score (nSPS) is 15.8. The van der Waals surface area contributed by atoms with Crippen molar-refractivity contribution in [1.82, 2.24) is 4.90 Å². The molecule has 0 aromatic heterocycles. The molecular weight excluding hydrogens is 338 g/mol. The molecule has 1 aliphatic rings. The van der Waals surface area contributed by atoms with Crippen molar-refractivity contribution in [3.8, 4) is 23.8 Å². The number of imide groups is 1. The van der Waals surface area contributed by atoms with Gasteiger partial charge in [0.1, 0.15) is 0 Å². The highest BCUT2D eigenvalue weighted by molar-refractivity contribution is 8.18. The molecule has 0 bridgehead atoms. The van der Waals surface area contributed by atoms with E-state index in [9.17, 15) is 9.59 Å². The van der Waals surface area contributed by atoms with Gasteiger partial charge in [-0.2, -0.15) is 0 Å². The van der Waals surface area contributed by atoms with E-state index in [0.29, 0.717) is 35.5 Å². The molecule has 1 heterocycles. The first-order chi connectivity index (χ1) is 12.0. The molecule has 0 spiro atoms. The van der Waals surface area contributed by atoms with Gasteiger partial charge in [0.25, 0.3) is 11.1 Å². The summed E-state index contributed by atoms with van der Waals surface area (Å²) in [4.78, 5) is 25.5. The number of amides is 2. The Morgan fingerprint density at radius 1 is 1.28 bits per heavy atom. The van der Waals surface area contributed by atoms with Gasteiger partial charge >= 0.3 is 0 Å². The second kappa shape index (κ2) is 8.63. The van der Waals surface area contributed by atoms with E-state index in [2.05, 4.69) is 19.8 Å². The molecule has 1 saturated heterocycles. The van der Waals surface area contributed by atoms with Crippen LogP contribution in [-0.2, 0) is 4.79 Å². The van der Waals surface area contributed by atoms with Gasteiger partial charge in [0.15, 0.2) is 11.5 Å². The van der Waals surface area contributed by atoms with E-state index in [1.54, 1.807) is 12.1 Å². The molecule has 5 nitrogen and oxygen atoms in total. The third-order valence-corrected chi connectivity index (χ3v) is 4.17. The number of benzene rings is 1. The number of thioether (sulfide) groups is 1. The van der Waals surface area contributed by atoms with Crippen LogP contribution in [0.1, 0.15) is 26.3 Å². The maximum atomic E-state index is 12.2. The lowest BCUT2D eigenvalue weighted by Gasteiger charge is -2.14. The summed E-state index contributed by atoms with van der Waals surface area (Å²) in [5, 5.41) is -0.351. The number of hydrogen-bond donors (Lipinski definition) is 0. The maximum absolute atomic E-state index is 12.2. The Hall–Kier alpha value is -2.39. The van der Waals surface area contributed by atoms with Gasteiger partial charge in [0, 0.05) is 0 Å². The van der Waals surface area contributed by atoms with Gasteiger partial charge in [0.05, 0.1) is 24.7 Å². The van der Waals surface area contributed by atoms with Crippen LogP contribution in [0.3, 0.4) is 0 Å². The number of carbonyl (C=O) groups excluding carboxylic acids is 2. The molecule has 132 valence electrons. The summed E-state index contributed by atoms with van der Waals surface area (Å²) in [6, 6.07) is 5.44. The Kier molecular flexibility index (Phi) is 6.54. The molecule has 0 radical (unpaired) electrons. The van der Waals surface area contributed by atoms with Crippen LogP contribution in [0.5, 0.6) is 11.5 Å². The minimum atomic E-state index is -0.369. The topological polar surface area (TPSA) is 55.8 Å². The summed E-state index contributed by atoms with van der Waals surface area (Å²) in [5.74, 6) is 3.62. The number of rotatable bonds is 7. The van der Waals surface area contributed by atoms with Crippen molar-refractivity contribution in [3.63, 3.8) is 0 Å². The highest BCUT2D eigenvalue weighted by Gasteiger charge is 2.34. The third kappa shape index (κ3) is 4.80. The molecule has 0 N–H and O–H groups in total. The average molecular weight is 359 g/mol. The number of hydrogen-bond acceptors (Lipinski definition) is 5. The number of ether oxygens (including phenoxy) is 2. The molecule has 1 aromatic carbocycles. The first kappa shape index (κ1) is 18.9. The predicted octanol–water partition coefficient (Wildman–Crippen LogP) is 3.79. The first-order valence-electron chi connectivity index (χ1n) is 8.04. The molecule has 6 heteroatoms. The van der Waals surface area contributed by atoms with Crippen molar-refractivity contribution >= 4 is 29.0 Å². The van der Waals surface area contributed by atoms with Crippen LogP contribution in [0.25, 0.3) is 6.08 Å². The fourth-order valence-electron chi connectivity index (χ4n) is 2.14. The zero-order chi connectivity index (χ0) is 18.4. The van der Waals surface area contributed by atoms with E-state index in [4.69, 9.17) is 15.9 Å². The zero-order valence-electron chi connectivity index (χ0n) is 14.6. The smallest absolute Gasteiger partial charge is 0.294 e. The summed E-state index contributed by atoms with van der Waals surface area (Å²) >= 11 is 0.885. The summed E-state index contributed by atoms with van der Waals surface area (Å²) in [6.45, 7) is 7.10. The Morgan fingerprint density at radius 3 is 2.68 bits per heavy atom. The van der Waals surface area contributed by atoms with Crippen molar-refractivity contribution < 1.29 is 19.1 Å². The number of carbonyl (C=O) groups is 2. The Labute approximate surface area is 152 Å². The summed E-state index contributed by atoms with van der Waals surface area (Å²) in [6.07, 6.45) is 6.86. The average Bonchev–Trinajstić information content (AvgIpc) is 2.82. The molecule has 1 aliphatic heterocycles. The van der Waals surface area contributed by atoms with Crippen molar-refractivity contribution in [2.45, 2.75) is 20.8 Å². The molecule has 0 aliphatic carbocycles. The van der Waals surface area contributed by atoms with E-state index in [0.717, 1.165) is 22.2 Å². The summed E-state index contributed by atoms with van der Waals surface area (Å²) < 4.78 is 11.4. The molecule has 0 saturated carbocycles. The lowest BCUT2D eigenvalue weighted by molar-refractivity contribution is -0.122. The van der Waals surface area contributed by atoms with E-state index in [1.165, 1.54) is 0 Å². The van der Waals surface area contributed by atoms with Gasteiger partial charge in [-0.1, -0.05) is 25.8 Å². The molecular formula is C19H21NO4S. The van der Waals surface area contributed by atoms with Crippen LogP contribution in [-0.4, -0.2) is 35.8 Å². The van der Waals surface area contributed by atoms with Crippen LogP contribution >= 0.6 is 11.8 Å². The Morgan fingerprint density at radius 2 is 2.04 bits per heavy atom. The van der Waals surface area contributed by atoms with E-state index in [-0.39, 0.29) is 17.7 Å². The van der Waals surface area contributed by atoms with Crippen LogP contribution in [0, 0.1) is 18.3 Å². The zero-order valence-corrected chi connectivity index (χ0v) is 15.4. The second-order valence-electron chi connectivity index (χ2n) is 5.82. The Bertz CT molecular complexity index is 733. The number of nitrogens with zero attached hydrogens (tertiary/aromatic N) is 1. The maximum Gasteiger partial charge on any atom is 0.294 e. The van der Waals surface area contributed by atoms with Crippen LogP contribution in [0.15, 0.2) is 23.1 Å². The molecule has 25 heavy (non-hydrogen) atoms. The van der Waals surface area contributed by atoms with Gasteiger partial charge in [-0.3, -0.25) is 14.5 Å².